The van der Waals surface area contributed by atoms with Gasteiger partial charge in [0.05, 0.1) is 11.9 Å². The molecule has 1 heterocycles. The summed E-state index contributed by atoms with van der Waals surface area (Å²) in [5.74, 6) is 0.113. The largest absolute Gasteiger partial charge is 0.508 e. The summed E-state index contributed by atoms with van der Waals surface area (Å²) >= 11 is 0. The van der Waals surface area contributed by atoms with E-state index in [-0.39, 0.29) is 11.3 Å². The third-order valence-electron chi connectivity index (χ3n) is 3.16. The van der Waals surface area contributed by atoms with Crippen molar-refractivity contribution in [2.24, 2.45) is 0 Å². The second kappa shape index (κ2) is 4.61. The Morgan fingerprint density at radius 3 is 2.58 bits per heavy atom. The van der Waals surface area contributed by atoms with Crippen molar-refractivity contribution < 1.29 is 5.11 Å². The lowest BCUT2D eigenvalue weighted by atomic mass is 10.1. The van der Waals surface area contributed by atoms with Crippen molar-refractivity contribution in [3.05, 3.63) is 76.7 Å². The molecule has 0 fully saturated rings. The lowest BCUT2D eigenvalue weighted by Gasteiger charge is -2.07. The number of rotatable bonds is 2. The number of phenolic OH excluding ortho intramolecular Hbond substituents is 1. The molecular formula is C16H13NO2. The van der Waals surface area contributed by atoms with Crippen LogP contribution in [0.4, 0.5) is 0 Å². The van der Waals surface area contributed by atoms with Crippen LogP contribution in [0.1, 0.15) is 5.56 Å². The van der Waals surface area contributed by atoms with Crippen molar-refractivity contribution >= 4 is 10.8 Å². The second-order valence-electron chi connectivity index (χ2n) is 4.51. The highest BCUT2D eigenvalue weighted by Gasteiger charge is 2.04. The van der Waals surface area contributed by atoms with Crippen LogP contribution in [0.5, 0.6) is 5.75 Å². The topological polar surface area (TPSA) is 42.2 Å². The van der Waals surface area contributed by atoms with Gasteiger partial charge in [0, 0.05) is 6.20 Å². The number of benzene rings is 2. The van der Waals surface area contributed by atoms with E-state index in [2.05, 4.69) is 0 Å². The minimum atomic E-state index is -0.0859. The summed E-state index contributed by atoms with van der Waals surface area (Å²) in [7, 11) is 0. The number of pyridine rings is 1. The lowest BCUT2D eigenvalue weighted by molar-refractivity contribution is 0.476. The predicted octanol–water partition coefficient (Wildman–Crippen LogP) is 2.76. The summed E-state index contributed by atoms with van der Waals surface area (Å²) < 4.78 is 1.65. The Morgan fingerprint density at radius 2 is 1.79 bits per heavy atom. The van der Waals surface area contributed by atoms with E-state index in [1.54, 1.807) is 22.9 Å². The van der Waals surface area contributed by atoms with Crippen molar-refractivity contribution in [1.29, 1.82) is 0 Å². The first kappa shape index (κ1) is 11.5. The van der Waals surface area contributed by atoms with E-state index in [0.29, 0.717) is 11.9 Å². The van der Waals surface area contributed by atoms with Crippen molar-refractivity contribution in [3.63, 3.8) is 0 Å². The smallest absolute Gasteiger partial charge is 0.258 e. The summed E-state index contributed by atoms with van der Waals surface area (Å²) in [6.45, 7) is 0.533. The van der Waals surface area contributed by atoms with Gasteiger partial charge in [-0.2, -0.15) is 0 Å². The van der Waals surface area contributed by atoms with Gasteiger partial charge in [0.2, 0.25) is 0 Å². The van der Waals surface area contributed by atoms with E-state index in [1.165, 1.54) is 6.07 Å². The minimum absolute atomic E-state index is 0.0859. The van der Waals surface area contributed by atoms with Crippen LogP contribution < -0.4 is 5.56 Å². The zero-order chi connectivity index (χ0) is 13.2. The van der Waals surface area contributed by atoms with Crippen LogP contribution in [0.3, 0.4) is 0 Å². The molecule has 0 spiro atoms. The monoisotopic (exact) mass is 251 g/mol. The van der Waals surface area contributed by atoms with E-state index >= 15 is 0 Å². The maximum atomic E-state index is 12.3. The third kappa shape index (κ3) is 2.22. The standard InChI is InChI=1S/C16H13NO2/c18-14-7-6-13-8-9-17(16(19)15(13)10-14)11-12-4-2-1-3-5-12/h1-10,18H,11H2. The number of aromatic hydroxyl groups is 1. The molecule has 0 radical (unpaired) electrons. The molecule has 3 nitrogen and oxygen atoms in total. The van der Waals surface area contributed by atoms with Gasteiger partial charge in [-0.25, -0.2) is 0 Å². The Morgan fingerprint density at radius 1 is 1.00 bits per heavy atom. The van der Waals surface area contributed by atoms with Crippen LogP contribution in [-0.4, -0.2) is 9.67 Å². The number of hydrogen-bond donors (Lipinski definition) is 1. The molecule has 0 amide bonds. The van der Waals surface area contributed by atoms with Gasteiger partial charge in [0.25, 0.3) is 5.56 Å². The van der Waals surface area contributed by atoms with Crippen LogP contribution in [0, 0.1) is 0 Å². The summed E-state index contributed by atoms with van der Waals surface area (Å²) in [4.78, 5) is 12.3. The van der Waals surface area contributed by atoms with Gasteiger partial charge in [-0.15, -0.1) is 0 Å². The van der Waals surface area contributed by atoms with E-state index in [0.717, 1.165) is 10.9 Å². The molecule has 0 aliphatic rings. The number of nitrogens with zero attached hydrogens (tertiary/aromatic N) is 1. The molecule has 0 bridgehead atoms. The van der Waals surface area contributed by atoms with Gasteiger partial charge >= 0.3 is 0 Å². The van der Waals surface area contributed by atoms with Crippen LogP contribution >= 0.6 is 0 Å². The first-order valence-corrected chi connectivity index (χ1v) is 6.10. The van der Waals surface area contributed by atoms with Gasteiger partial charge in [-0.05, 0) is 29.1 Å². The van der Waals surface area contributed by atoms with Gasteiger partial charge in [-0.1, -0.05) is 36.4 Å². The normalized spacial score (nSPS) is 10.7. The summed E-state index contributed by atoms with van der Waals surface area (Å²) in [5, 5.41) is 10.9. The molecular weight excluding hydrogens is 238 g/mol. The van der Waals surface area contributed by atoms with Crippen LogP contribution in [0.15, 0.2) is 65.6 Å². The molecule has 19 heavy (non-hydrogen) atoms. The van der Waals surface area contributed by atoms with Crippen LogP contribution in [0.2, 0.25) is 0 Å². The molecule has 0 aliphatic heterocycles. The number of hydrogen-bond acceptors (Lipinski definition) is 2. The van der Waals surface area contributed by atoms with Gasteiger partial charge in [0.15, 0.2) is 0 Å². The molecule has 0 saturated carbocycles. The molecule has 3 heteroatoms. The summed E-state index contributed by atoms with van der Waals surface area (Å²) in [5.41, 5.74) is 0.987. The number of phenols is 1. The van der Waals surface area contributed by atoms with Crippen LogP contribution in [-0.2, 0) is 6.54 Å². The molecule has 94 valence electrons. The molecule has 3 rings (SSSR count). The average molecular weight is 251 g/mol. The first-order chi connectivity index (χ1) is 9.24. The van der Waals surface area contributed by atoms with Crippen molar-refractivity contribution in [2.75, 3.05) is 0 Å². The highest BCUT2D eigenvalue weighted by Crippen LogP contribution is 2.16. The van der Waals surface area contributed by atoms with Gasteiger partial charge < -0.3 is 9.67 Å². The Bertz CT molecular complexity index is 776. The van der Waals surface area contributed by atoms with Crippen LogP contribution in [0.25, 0.3) is 10.8 Å². The number of fused-ring (bicyclic) bond motifs is 1. The van der Waals surface area contributed by atoms with Crippen molar-refractivity contribution in [2.45, 2.75) is 6.54 Å². The minimum Gasteiger partial charge on any atom is -0.508 e. The van der Waals surface area contributed by atoms with E-state index in [1.807, 2.05) is 36.4 Å². The zero-order valence-electron chi connectivity index (χ0n) is 10.3. The molecule has 2 aromatic carbocycles. The quantitative estimate of drug-likeness (QED) is 0.761. The Labute approximate surface area is 110 Å². The molecule has 1 N–H and O–H groups in total. The highest BCUT2D eigenvalue weighted by molar-refractivity contribution is 5.82. The van der Waals surface area contributed by atoms with Crippen molar-refractivity contribution in [1.82, 2.24) is 4.57 Å². The fraction of sp³-hybridized carbons (Fsp3) is 0.0625. The fourth-order valence-electron chi connectivity index (χ4n) is 2.17. The van der Waals surface area contributed by atoms with E-state index < -0.39 is 0 Å². The third-order valence-corrected chi connectivity index (χ3v) is 3.16. The van der Waals surface area contributed by atoms with Gasteiger partial charge in [0.1, 0.15) is 5.75 Å². The SMILES string of the molecule is O=c1c2cc(O)ccc2ccn1Cc1ccccc1. The maximum absolute atomic E-state index is 12.3. The van der Waals surface area contributed by atoms with Gasteiger partial charge in [-0.3, -0.25) is 4.79 Å². The highest BCUT2D eigenvalue weighted by atomic mass is 16.3. The first-order valence-electron chi connectivity index (χ1n) is 6.10. The Balaban J connectivity index is 2.10. The average Bonchev–Trinajstić information content (AvgIpc) is 2.44. The second-order valence-corrected chi connectivity index (χ2v) is 4.51. The number of aromatic nitrogens is 1. The summed E-state index contributed by atoms with van der Waals surface area (Å²) in [6.07, 6.45) is 1.79. The molecule has 0 atom stereocenters. The fourth-order valence-corrected chi connectivity index (χ4v) is 2.17. The lowest BCUT2D eigenvalue weighted by Crippen LogP contribution is -2.19. The van der Waals surface area contributed by atoms with E-state index in [4.69, 9.17) is 0 Å². The zero-order valence-corrected chi connectivity index (χ0v) is 10.3. The molecule has 0 aliphatic carbocycles. The molecule has 0 saturated heterocycles. The predicted molar refractivity (Wildman–Crippen MR) is 75.4 cm³/mol. The Kier molecular flexibility index (Phi) is 2.80. The Hall–Kier alpha value is -2.55. The summed E-state index contributed by atoms with van der Waals surface area (Å²) in [6, 6.07) is 16.6. The maximum Gasteiger partial charge on any atom is 0.258 e. The van der Waals surface area contributed by atoms with E-state index in [9.17, 15) is 9.90 Å². The van der Waals surface area contributed by atoms with Crippen molar-refractivity contribution in [3.8, 4) is 5.75 Å². The molecule has 1 aromatic heterocycles. The molecule has 3 aromatic rings. The molecule has 0 unspecified atom stereocenters.